The van der Waals surface area contributed by atoms with Gasteiger partial charge in [0.15, 0.2) is 6.54 Å². The van der Waals surface area contributed by atoms with Crippen LogP contribution in [0.1, 0.15) is 19.4 Å². The largest absolute Gasteiger partial charge is 0.416 e. The summed E-state index contributed by atoms with van der Waals surface area (Å²) in [6.45, 7) is 6.86. The van der Waals surface area contributed by atoms with Crippen LogP contribution in [0.5, 0.6) is 0 Å². The number of nitrogens with zero attached hydrogens (tertiary/aromatic N) is 1. The summed E-state index contributed by atoms with van der Waals surface area (Å²) >= 11 is 0. The minimum Gasteiger partial charge on any atom is -0.360 e. The van der Waals surface area contributed by atoms with E-state index in [1.807, 2.05) is 18.7 Å². The molecule has 0 unspecified atom stereocenters. The lowest BCUT2D eigenvalue weighted by Gasteiger charge is -2.33. The molecule has 1 aliphatic rings. The number of carbonyl (C=O) groups is 2. The first kappa shape index (κ1) is 21.0. The van der Waals surface area contributed by atoms with Crippen LogP contribution in [0.25, 0.3) is 0 Å². The Morgan fingerprint density at radius 3 is 2.48 bits per heavy atom. The van der Waals surface area contributed by atoms with Crippen molar-refractivity contribution in [3.63, 3.8) is 0 Å². The van der Waals surface area contributed by atoms with Gasteiger partial charge in [-0.25, -0.2) is 4.79 Å². The van der Waals surface area contributed by atoms with Gasteiger partial charge in [0.25, 0.3) is 5.91 Å². The van der Waals surface area contributed by atoms with Gasteiger partial charge in [-0.3, -0.25) is 10.1 Å². The van der Waals surface area contributed by atoms with Crippen molar-refractivity contribution in [1.82, 2.24) is 10.6 Å². The summed E-state index contributed by atoms with van der Waals surface area (Å²) in [6.07, 6.45) is -4.36. The van der Waals surface area contributed by atoms with Gasteiger partial charge >= 0.3 is 12.2 Å². The summed E-state index contributed by atoms with van der Waals surface area (Å²) in [4.78, 5) is 26.4. The van der Waals surface area contributed by atoms with Crippen molar-refractivity contribution < 1.29 is 27.7 Å². The topological polar surface area (TPSA) is 65.9 Å². The number of hydrogen-bond acceptors (Lipinski definition) is 3. The number of piperazine rings is 1. The molecule has 1 aromatic carbocycles. The molecule has 3 N–H and O–H groups in total. The van der Waals surface area contributed by atoms with E-state index in [-0.39, 0.29) is 12.5 Å². The Morgan fingerprint density at radius 1 is 1.22 bits per heavy atom. The summed E-state index contributed by atoms with van der Waals surface area (Å²) in [7, 11) is 0. The molecule has 1 saturated heterocycles. The molecular weight excluding hydrogens is 361 g/mol. The molecule has 0 radical (unpaired) electrons. The number of carbonyl (C=O) groups excluding carboxylic acids is 2. The molecule has 0 spiro atoms. The van der Waals surface area contributed by atoms with E-state index < -0.39 is 17.8 Å². The van der Waals surface area contributed by atoms with Gasteiger partial charge < -0.3 is 15.1 Å². The maximum Gasteiger partial charge on any atom is 0.416 e. The number of rotatable bonds is 5. The molecule has 0 atom stereocenters. The molecule has 0 aliphatic carbocycles. The maximum absolute atomic E-state index is 12.8. The van der Waals surface area contributed by atoms with Gasteiger partial charge in [-0.2, -0.15) is 13.2 Å². The smallest absolute Gasteiger partial charge is 0.360 e. The number of anilines is 1. The van der Waals surface area contributed by atoms with Gasteiger partial charge in [0.05, 0.1) is 31.7 Å². The fourth-order valence-electron chi connectivity index (χ4n) is 2.88. The Hall–Kier alpha value is -2.29. The highest BCUT2D eigenvalue weighted by atomic mass is 19.4. The van der Waals surface area contributed by atoms with Crippen LogP contribution in [-0.4, -0.2) is 51.2 Å². The van der Waals surface area contributed by atoms with E-state index >= 15 is 0 Å². The number of alkyl halides is 3. The Morgan fingerprint density at radius 2 is 1.89 bits per heavy atom. The van der Waals surface area contributed by atoms with Crippen molar-refractivity contribution in [2.45, 2.75) is 20.0 Å². The zero-order valence-electron chi connectivity index (χ0n) is 15.5. The van der Waals surface area contributed by atoms with Crippen LogP contribution < -0.4 is 20.4 Å². The van der Waals surface area contributed by atoms with E-state index in [1.54, 1.807) is 6.07 Å². The first-order chi connectivity index (χ1) is 12.6. The van der Waals surface area contributed by atoms with E-state index in [4.69, 9.17) is 0 Å². The minimum atomic E-state index is -4.36. The SMILES string of the molecule is CC(C)CNC(=O)NC(=O)C[NH+]1CCN(c2cccc(C(F)(F)F)c2)CC1. The summed E-state index contributed by atoms with van der Waals surface area (Å²) in [6, 6.07) is 4.76. The van der Waals surface area contributed by atoms with Crippen molar-refractivity contribution in [3.05, 3.63) is 29.8 Å². The molecule has 9 heteroatoms. The molecule has 0 saturated carbocycles. The Balaban J connectivity index is 1.80. The average molecular weight is 387 g/mol. The highest BCUT2D eigenvalue weighted by Gasteiger charge is 2.31. The van der Waals surface area contributed by atoms with Gasteiger partial charge in [-0.15, -0.1) is 0 Å². The Kier molecular flexibility index (Phi) is 7.06. The first-order valence-electron chi connectivity index (χ1n) is 8.98. The Bertz CT molecular complexity index is 656. The van der Waals surface area contributed by atoms with Crippen molar-refractivity contribution >= 4 is 17.6 Å². The van der Waals surface area contributed by atoms with Crippen LogP contribution in [-0.2, 0) is 11.0 Å². The standard InChI is InChI=1S/C18H25F3N4O2/c1-13(2)11-22-17(27)23-16(26)12-24-6-8-25(9-7-24)15-5-3-4-14(10-15)18(19,20)21/h3-5,10,13H,6-9,11-12H2,1-2H3,(H2,22,23,26,27)/p+1. The molecule has 1 fully saturated rings. The molecule has 0 aromatic heterocycles. The average Bonchev–Trinajstić information content (AvgIpc) is 2.60. The number of urea groups is 1. The highest BCUT2D eigenvalue weighted by Crippen LogP contribution is 2.31. The zero-order valence-corrected chi connectivity index (χ0v) is 15.5. The normalized spacial score (nSPS) is 15.7. The summed E-state index contributed by atoms with van der Waals surface area (Å²) < 4.78 is 38.5. The number of imide groups is 1. The summed E-state index contributed by atoms with van der Waals surface area (Å²) in [5, 5.41) is 4.92. The number of nitrogens with one attached hydrogen (secondary N) is 3. The number of halogens is 3. The van der Waals surface area contributed by atoms with E-state index in [1.165, 1.54) is 6.07 Å². The first-order valence-corrected chi connectivity index (χ1v) is 8.98. The van der Waals surface area contributed by atoms with Gasteiger partial charge in [0.2, 0.25) is 0 Å². The van der Waals surface area contributed by atoms with Crippen molar-refractivity contribution in [2.24, 2.45) is 5.92 Å². The monoisotopic (exact) mass is 387 g/mol. The minimum absolute atomic E-state index is 0.158. The van der Waals surface area contributed by atoms with E-state index in [9.17, 15) is 22.8 Å². The third kappa shape index (κ3) is 6.74. The molecule has 0 bridgehead atoms. The van der Waals surface area contributed by atoms with Gasteiger partial charge in [0, 0.05) is 12.2 Å². The van der Waals surface area contributed by atoms with E-state index in [0.717, 1.165) is 17.0 Å². The molecule has 6 nitrogen and oxygen atoms in total. The molecular formula is C18H26F3N4O2+. The molecule has 150 valence electrons. The molecule has 1 heterocycles. The number of quaternary nitrogens is 1. The van der Waals surface area contributed by atoms with Gasteiger partial charge in [0.1, 0.15) is 0 Å². The number of amides is 3. The van der Waals surface area contributed by atoms with Crippen LogP contribution in [0, 0.1) is 5.92 Å². The molecule has 2 rings (SSSR count). The lowest BCUT2D eigenvalue weighted by atomic mass is 10.1. The maximum atomic E-state index is 12.8. The molecule has 1 aromatic rings. The third-order valence-corrected chi connectivity index (χ3v) is 4.34. The van der Waals surface area contributed by atoms with E-state index in [0.29, 0.717) is 44.3 Å². The lowest BCUT2D eigenvalue weighted by molar-refractivity contribution is -0.892. The summed E-state index contributed by atoms with van der Waals surface area (Å²) in [5.74, 6) is -0.0702. The highest BCUT2D eigenvalue weighted by molar-refractivity contribution is 5.94. The fraction of sp³-hybridized carbons (Fsp3) is 0.556. The molecule has 27 heavy (non-hydrogen) atoms. The van der Waals surface area contributed by atoms with Gasteiger partial charge in [-0.05, 0) is 24.1 Å². The second-order valence-electron chi connectivity index (χ2n) is 7.11. The zero-order chi connectivity index (χ0) is 20.0. The second-order valence-corrected chi connectivity index (χ2v) is 7.11. The van der Waals surface area contributed by atoms with Crippen LogP contribution in [0.15, 0.2) is 24.3 Å². The fourth-order valence-corrected chi connectivity index (χ4v) is 2.88. The predicted molar refractivity (Wildman–Crippen MR) is 95.6 cm³/mol. The second kappa shape index (κ2) is 9.07. The predicted octanol–water partition coefficient (Wildman–Crippen LogP) is 0.892. The van der Waals surface area contributed by atoms with Crippen LogP contribution >= 0.6 is 0 Å². The Labute approximate surface area is 156 Å². The van der Waals surface area contributed by atoms with Crippen LogP contribution in [0.4, 0.5) is 23.7 Å². The van der Waals surface area contributed by atoms with Crippen molar-refractivity contribution in [3.8, 4) is 0 Å². The van der Waals surface area contributed by atoms with Crippen LogP contribution in [0.2, 0.25) is 0 Å². The van der Waals surface area contributed by atoms with Crippen LogP contribution in [0.3, 0.4) is 0 Å². The number of benzene rings is 1. The van der Waals surface area contributed by atoms with Gasteiger partial charge in [-0.1, -0.05) is 19.9 Å². The number of hydrogen-bond donors (Lipinski definition) is 3. The van der Waals surface area contributed by atoms with Crippen molar-refractivity contribution in [1.29, 1.82) is 0 Å². The third-order valence-electron chi connectivity index (χ3n) is 4.34. The van der Waals surface area contributed by atoms with E-state index in [2.05, 4.69) is 10.6 Å². The quantitative estimate of drug-likeness (QED) is 0.703. The lowest BCUT2D eigenvalue weighted by Crippen LogP contribution is -3.16. The molecule has 3 amide bonds. The van der Waals surface area contributed by atoms with Crippen molar-refractivity contribution in [2.75, 3.05) is 44.2 Å². The summed E-state index contributed by atoms with van der Waals surface area (Å²) in [5.41, 5.74) is -0.136. The molecule has 1 aliphatic heterocycles.